The van der Waals surface area contributed by atoms with Crippen LogP contribution in [-0.4, -0.2) is 36.5 Å². The van der Waals surface area contributed by atoms with E-state index in [4.69, 9.17) is 0 Å². The Morgan fingerprint density at radius 1 is 1.14 bits per heavy atom. The van der Waals surface area contributed by atoms with Crippen LogP contribution in [0.3, 0.4) is 0 Å². The normalized spacial score (nSPS) is 11.1. The van der Waals surface area contributed by atoms with Gasteiger partial charge in [0.2, 0.25) is 5.91 Å². The minimum Gasteiger partial charge on any atom is -0.355 e. The molecule has 0 saturated heterocycles. The van der Waals surface area contributed by atoms with Crippen LogP contribution in [0.4, 0.5) is 0 Å². The highest BCUT2D eigenvalue weighted by molar-refractivity contribution is 5.76. The first kappa shape index (κ1) is 17.7. The van der Waals surface area contributed by atoms with Crippen LogP contribution in [-0.2, 0) is 17.6 Å². The molecule has 1 amide bonds. The van der Waals surface area contributed by atoms with Gasteiger partial charge >= 0.3 is 0 Å². The molecule has 118 valence electrons. The molecular weight excluding hydrogens is 260 g/mol. The zero-order chi connectivity index (χ0) is 15.7. The fourth-order valence-electron chi connectivity index (χ4n) is 2.41. The van der Waals surface area contributed by atoms with Gasteiger partial charge in [-0.05, 0) is 44.4 Å². The first-order valence-electron chi connectivity index (χ1n) is 8.15. The van der Waals surface area contributed by atoms with E-state index in [1.165, 1.54) is 11.1 Å². The van der Waals surface area contributed by atoms with Gasteiger partial charge in [0.25, 0.3) is 0 Å². The van der Waals surface area contributed by atoms with Crippen molar-refractivity contribution in [3.8, 4) is 0 Å². The van der Waals surface area contributed by atoms with Gasteiger partial charge in [-0.15, -0.1) is 0 Å². The van der Waals surface area contributed by atoms with Crippen LogP contribution < -0.4 is 5.32 Å². The zero-order valence-corrected chi connectivity index (χ0v) is 14.0. The minimum atomic E-state index is 0.148. The van der Waals surface area contributed by atoms with E-state index >= 15 is 0 Å². The molecule has 0 aliphatic heterocycles. The molecule has 0 bridgehead atoms. The van der Waals surface area contributed by atoms with Crippen molar-refractivity contribution in [1.82, 2.24) is 10.2 Å². The maximum Gasteiger partial charge on any atom is 0.220 e. The fourth-order valence-corrected chi connectivity index (χ4v) is 2.41. The summed E-state index contributed by atoms with van der Waals surface area (Å²) in [6.07, 6.45) is 2.45. The van der Waals surface area contributed by atoms with Gasteiger partial charge in [0.05, 0.1) is 0 Å². The van der Waals surface area contributed by atoms with E-state index in [1.54, 1.807) is 0 Å². The third-order valence-electron chi connectivity index (χ3n) is 3.93. The molecule has 0 fully saturated rings. The lowest BCUT2D eigenvalue weighted by atomic mass is 10.1. The molecule has 0 heterocycles. The number of amides is 1. The summed E-state index contributed by atoms with van der Waals surface area (Å²) in [5.74, 6) is 0.148. The molecule has 0 aliphatic carbocycles. The van der Waals surface area contributed by atoms with Crippen molar-refractivity contribution in [2.24, 2.45) is 0 Å². The third-order valence-corrected chi connectivity index (χ3v) is 3.93. The summed E-state index contributed by atoms with van der Waals surface area (Å²) >= 11 is 0. The van der Waals surface area contributed by atoms with Crippen molar-refractivity contribution in [1.29, 1.82) is 0 Å². The molecule has 0 aliphatic rings. The maximum absolute atomic E-state index is 11.8. The lowest BCUT2D eigenvalue weighted by Crippen LogP contribution is -2.38. The number of carbonyl (C=O) groups is 1. The van der Waals surface area contributed by atoms with Crippen LogP contribution in [0.5, 0.6) is 0 Å². The second kappa shape index (κ2) is 9.56. The second-order valence-electron chi connectivity index (χ2n) is 5.74. The van der Waals surface area contributed by atoms with Gasteiger partial charge in [-0.1, -0.05) is 38.1 Å². The Morgan fingerprint density at radius 2 is 1.76 bits per heavy atom. The maximum atomic E-state index is 11.8. The van der Waals surface area contributed by atoms with Crippen LogP contribution in [0, 0.1) is 0 Å². The highest BCUT2D eigenvalue weighted by Crippen LogP contribution is 2.07. The number of likely N-dealkylation sites (N-methyl/N-ethyl adjacent to an activating group) is 1. The lowest BCUT2D eigenvalue weighted by Gasteiger charge is -2.24. The van der Waals surface area contributed by atoms with Crippen molar-refractivity contribution in [2.75, 3.05) is 19.6 Å². The molecule has 1 aromatic rings. The van der Waals surface area contributed by atoms with Crippen molar-refractivity contribution >= 4 is 5.91 Å². The summed E-state index contributed by atoms with van der Waals surface area (Å²) in [6, 6.07) is 9.08. The van der Waals surface area contributed by atoms with E-state index in [1.807, 2.05) is 0 Å². The molecule has 0 aromatic heterocycles. The quantitative estimate of drug-likeness (QED) is 0.758. The predicted molar refractivity (Wildman–Crippen MR) is 89.5 cm³/mol. The second-order valence-corrected chi connectivity index (χ2v) is 5.74. The number of nitrogens with one attached hydrogen (secondary N) is 1. The number of hydrogen-bond acceptors (Lipinski definition) is 2. The first-order valence-corrected chi connectivity index (χ1v) is 8.15. The Kier molecular flexibility index (Phi) is 8.06. The van der Waals surface area contributed by atoms with Gasteiger partial charge in [-0.3, -0.25) is 9.69 Å². The highest BCUT2D eigenvalue weighted by atomic mass is 16.1. The number of aryl methyl sites for hydroxylation is 2. The van der Waals surface area contributed by atoms with Crippen LogP contribution in [0.15, 0.2) is 24.3 Å². The summed E-state index contributed by atoms with van der Waals surface area (Å²) < 4.78 is 0. The summed E-state index contributed by atoms with van der Waals surface area (Å²) in [5.41, 5.74) is 2.58. The van der Waals surface area contributed by atoms with E-state index < -0.39 is 0 Å². The molecule has 0 radical (unpaired) electrons. The summed E-state index contributed by atoms with van der Waals surface area (Å²) in [7, 11) is 0. The summed E-state index contributed by atoms with van der Waals surface area (Å²) in [5, 5.41) is 3.01. The summed E-state index contributed by atoms with van der Waals surface area (Å²) in [6.45, 7) is 11.4. The third kappa shape index (κ3) is 6.76. The molecule has 21 heavy (non-hydrogen) atoms. The van der Waals surface area contributed by atoms with Crippen LogP contribution in [0.25, 0.3) is 0 Å². The smallest absolute Gasteiger partial charge is 0.220 e. The molecule has 1 aromatic carbocycles. The van der Waals surface area contributed by atoms with Crippen LogP contribution in [0.2, 0.25) is 0 Å². The molecule has 3 heteroatoms. The Bertz CT molecular complexity index is 412. The standard InChI is InChI=1S/C18H30N2O/c1-5-16-7-9-17(10-8-16)11-12-18(21)19-13-14-20(6-2)15(3)4/h7-10,15H,5-6,11-14H2,1-4H3,(H,19,21). The van der Waals surface area contributed by atoms with Crippen molar-refractivity contribution < 1.29 is 4.79 Å². The number of rotatable bonds is 9. The topological polar surface area (TPSA) is 32.3 Å². The van der Waals surface area contributed by atoms with Crippen molar-refractivity contribution in [3.05, 3.63) is 35.4 Å². The average Bonchev–Trinajstić information content (AvgIpc) is 2.49. The molecule has 3 nitrogen and oxygen atoms in total. The Labute approximate surface area is 129 Å². The Balaban J connectivity index is 2.24. The number of carbonyl (C=O) groups excluding carboxylic acids is 1. The lowest BCUT2D eigenvalue weighted by molar-refractivity contribution is -0.121. The molecule has 0 saturated carbocycles. The number of hydrogen-bond donors (Lipinski definition) is 1. The molecule has 1 rings (SSSR count). The molecule has 0 spiro atoms. The van der Waals surface area contributed by atoms with E-state index in [-0.39, 0.29) is 5.91 Å². The van der Waals surface area contributed by atoms with E-state index in [0.717, 1.165) is 32.5 Å². The molecule has 0 unspecified atom stereocenters. The van der Waals surface area contributed by atoms with Crippen molar-refractivity contribution in [2.45, 2.75) is 53.0 Å². The van der Waals surface area contributed by atoms with Crippen LogP contribution >= 0.6 is 0 Å². The van der Waals surface area contributed by atoms with Gasteiger partial charge in [0.15, 0.2) is 0 Å². The minimum absolute atomic E-state index is 0.148. The zero-order valence-electron chi connectivity index (χ0n) is 14.0. The Morgan fingerprint density at radius 3 is 2.29 bits per heavy atom. The molecule has 0 atom stereocenters. The number of benzene rings is 1. The molecular formula is C18H30N2O. The van der Waals surface area contributed by atoms with Gasteiger partial charge in [-0.25, -0.2) is 0 Å². The highest BCUT2D eigenvalue weighted by Gasteiger charge is 2.07. The Hall–Kier alpha value is -1.35. The van der Waals surface area contributed by atoms with Gasteiger partial charge in [0.1, 0.15) is 0 Å². The average molecular weight is 290 g/mol. The van der Waals surface area contributed by atoms with Crippen molar-refractivity contribution in [3.63, 3.8) is 0 Å². The van der Waals surface area contributed by atoms with E-state index in [2.05, 4.69) is 62.2 Å². The fraction of sp³-hybridized carbons (Fsp3) is 0.611. The SMILES string of the molecule is CCc1ccc(CCC(=O)NCCN(CC)C(C)C)cc1. The van der Waals surface area contributed by atoms with Gasteiger partial charge in [0, 0.05) is 25.6 Å². The van der Waals surface area contributed by atoms with Gasteiger partial charge < -0.3 is 5.32 Å². The first-order chi connectivity index (χ1) is 10.1. The monoisotopic (exact) mass is 290 g/mol. The van der Waals surface area contributed by atoms with Gasteiger partial charge in [-0.2, -0.15) is 0 Å². The molecule has 1 N–H and O–H groups in total. The van der Waals surface area contributed by atoms with E-state index in [0.29, 0.717) is 12.5 Å². The number of nitrogens with zero attached hydrogens (tertiary/aromatic N) is 1. The largest absolute Gasteiger partial charge is 0.355 e. The summed E-state index contributed by atoms with van der Waals surface area (Å²) in [4.78, 5) is 14.2. The van der Waals surface area contributed by atoms with Crippen LogP contribution in [0.1, 0.15) is 45.2 Å². The van der Waals surface area contributed by atoms with E-state index in [9.17, 15) is 4.79 Å². The predicted octanol–water partition coefficient (Wildman–Crippen LogP) is 3.03.